The first-order valence-electron chi connectivity index (χ1n) is 9.67. The van der Waals surface area contributed by atoms with Gasteiger partial charge in [-0.15, -0.1) is 0 Å². The normalized spacial score (nSPS) is 45.1. The Morgan fingerprint density at radius 1 is 0.958 bits per heavy atom. The van der Waals surface area contributed by atoms with Crippen molar-refractivity contribution in [1.82, 2.24) is 0 Å². The SMILES string of the molecule is CC[C@]12CC3[C@]4(CC)c5cc(C)ccc5C(C)(c5ccccc51)[N+]324. The van der Waals surface area contributed by atoms with Gasteiger partial charge in [-0.1, -0.05) is 55.8 Å². The van der Waals surface area contributed by atoms with Crippen molar-refractivity contribution in [2.24, 2.45) is 0 Å². The summed E-state index contributed by atoms with van der Waals surface area (Å²) in [4.78, 5) is 0. The van der Waals surface area contributed by atoms with E-state index >= 15 is 0 Å². The molecule has 0 aliphatic carbocycles. The molecule has 2 aromatic rings. The van der Waals surface area contributed by atoms with E-state index in [4.69, 9.17) is 0 Å². The summed E-state index contributed by atoms with van der Waals surface area (Å²) >= 11 is 0. The number of aryl methyl sites for hydroxylation is 1. The van der Waals surface area contributed by atoms with E-state index in [9.17, 15) is 0 Å². The lowest BCUT2D eigenvalue weighted by Gasteiger charge is -2.50. The van der Waals surface area contributed by atoms with Crippen LogP contribution < -0.4 is 0 Å². The molecule has 0 bridgehead atoms. The van der Waals surface area contributed by atoms with Crippen molar-refractivity contribution in [3.05, 3.63) is 70.3 Å². The second kappa shape index (κ2) is 3.51. The van der Waals surface area contributed by atoms with Gasteiger partial charge in [0.2, 0.25) is 0 Å². The van der Waals surface area contributed by atoms with E-state index in [0.717, 1.165) is 6.04 Å². The number of hydrogen-bond acceptors (Lipinski definition) is 0. The second-order valence-electron chi connectivity index (χ2n) is 8.77. The van der Waals surface area contributed by atoms with Gasteiger partial charge in [0, 0.05) is 35.1 Å². The van der Waals surface area contributed by atoms with E-state index < -0.39 is 0 Å². The van der Waals surface area contributed by atoms with E-state index in [1.165, 1.54) is 29.3 Å². The maximum Gasteiger partial charge on any atom is 0.180 e. The van der Waals surface area contributed by atoms with E-state index in [-0.39, 0.29) is 5.54 Å². The van der Waals surface area contributed by atoms with Gasteiger partial charge < -0.3 is 0 Å². The lowest BCUT2D eigenvalue weighted by Crippen LogP contribution is -2.61. The van der Waals surface area contributed by atoms with Crippen molar-refractivity contribution >= 4 is 0 Å². The Kier molecular flexibility index (Phi) is 2.00. The molecule has 4 aliphatic heterocycles. The molecule has 1 heteroatoms. The fourth-order valence-corrected chi connectivity index (χ4v) is 8.23. The second-order valence-corrected chi connectivity index (χ2v) is 8.77. The van der Waals surface area contributed by atoms with Crippen LogP contribution in [0.15, 0.2) is 42.5 Å². The molecule has 1 spiro atoms. The van der Waals surface area contributed by atoms with Gasteiger partial charge in [0.15, 0.2) is 17.1 Å². The summed E-state index contributed by atoms with van der Waals surface area (Å²) in [6.45, 7) is 9.69. The Morgan fingerprint density at radius 2 is 1.67 bits per heavy atom. The fourth-order valence-electron chi connectivity index (χ4n) is 8.23. The number of fused-ring (bicyclic) bond motifs is 7. The molecule has 4 heterocycles. The molecule has 0 aromatic heterocycles. The largest absolute Gasteiger partial charge is 0.281 e. The summed E-state index contributed by atoms with van der Waals surface area (Å²) in [6.07, 6.45) is 3.93. The molecule has 122 valence electrons. The first-order valence-corrected chi connectivity index (χ1v) is 9.67. The van der Waals surface area contributed by atoms with Crippen molar-refractivity contribution < 1.29 is 4.48 Å². The number of nitrogens with zero attached hydrogens (tertiary/aromatic N) is 1. The highest BCUT2D eigenvalue weighted by atomic mass is 15.7. The Hall–Kier alpha value is -1.60. The third-order valence-electron chi connectivity index (χ3n) is 8.73. The first-order chi connectivity index (χ1) is 11.6. The number of benzene rings is 2. The Bertz CT molecular complexity index is 929. The zero-order valence-electron chi connectivity index (χ0n) is 15.2. The maximum atomic E-state index is 2.56. The van der Waals surface area contributed by atoms with Crippen LogP contribution in [0.25, 0.3) is 0 Å². The van der Waals surface area contributed by atoms with Gasteiger partial charge in [0.05, 0.1) is 6.42 Å². The van der Waals surface area contributed by atoms with Crippen molar-refractivity contribution in [2.75, 3.05) is 0 Å². The minimum absolute atomic E-state index is 0.161. The third kappa shape index (κ3) is 0.862. The molecule has 0 radical (unpaired) electrons. The molecule has 2 saturated heterocycles. The average molecular weight is 316 g/mol. The summed E-state index contributed by atoms with van der Waals surface area (Å²) in [6, 6.07) is 17.6. The maximum absolute atomic E-state index is 2.56. The van der Waals surface area contributed by atoms with Crippen LogP contribution in [0.5, 0.6) is 0 Å². The van der Waals surface area contributed by atoms with Crippen LogP contribution >= 0.6 is 0 Å². The third-order valence-corrected chi connectivity index (χ3v) is 8.73. The molecule has 4 aliphatic rings. The van der Waals surface area contributed by atoms with Crippen LogP contribution in [-0.4, -0.2) is 10.5 Å². The van der Waals surface area contributed by atoms with Crippen LogP contribution in [-0.2, 0) is 16.6 Å². The monoisotopic (exact) mass is 316 g/mol. The standard InChI is InChI=1S/C23H26N/c1-5-22-14-20-23(6-2)19-13-15(3)11-12-17(19)21(4,24(20,22)23)16-9-7-8-10-18(16)22/h7-13,20H,5-6,14H2,1-4H3/q+1/t20?,21?,22-,23-,24?/m0/s1. The van der Waals surface area contributed by atoms with Crippen molar-refractivity contribution in [2.45, 2.75) is 69.6 Å². The van der Waals surface area contributed by atoms with Gasteiger partial charge in [0.1, 0.15) is 5.54 Å². The highest BCUT2D eigenvalue weighted by Gasteiger charge is 3.03. The molecule has 2 aromatic carbocycles. The molecule has 1 nitrogen and oxygen atoms in total. The summed E-state index contributed by atoms with van der Waals surface area (Å²) < 4.78 is 1.33. The van der Waals surface area contributed by atoms with Crippen LogP contribution in [0.1, 0.15) is 67.9 Å². The number of rotatable bonds is 2. The molecular formula is C23H26N+. The molecule has 24 heavy (non-hydrogen) atoms. The minimum Gasteiger partial charge on any atom is -0.281 e. The lowest BCUT2D eigenvalue weighted by molar-refractivity contribution is -0.975. The van der Waals surface area contributed by atoms with Gasteiger partial charge >= 0.3 is 0 Å². The van der Waals surface area contributed by atoms with Crippen LogP contribution in [0.2, 0.25) is 0 Å². The summed E-state index contributed by atoms with van der Waals surface area (Å²) in [5.74, 6) is 0. The highest BCUT2D eigenvalue weighted by Crippen LogP contribution is 2.90. The van der Waals surface area contributed by atoms with Crippen LogP contribution in [0.4, 0.5) is 0 Å². The molecule has 3 unspecified atom stereocenters. The Labute approximate surface area is 144 Å². The Balaban J connectivity index is 1.80. The van der Waals surface area contributed by atoms with E-state index in [1.54, 1.807) is 22.3 Å². The number of quaternary nitrogens is 1. The van der Waals surface area contributed by atoms with Crippen LogP contribution in [0, 0.1) is 6.92 Å². The van der Waals surface area contributed by atoms with Crippen molar-refractivity contribution in [3.63, 3.8) is 0 Å². The van der Waals surface area contributed by atoms with Gasteiger partial charge in [-0.2, -0.15) is 0 Å². The minimum atomic E-state index is 0.161. The molecular weight excluding hydrogens is 290 g/mol. The van der Waals surface area contributed by atoms with Gasteiger partial charge in [-0.3, -0.25) is 4.48 Å². The average Bonchev–Trinajstić information content (AvgIpc) is 2.94. The Morgan fingerprint density at radius 3 is 2.38 bits per heavy atom. The molecule has 0 amide bonds. The smallest absolute Gasteiger partial charge is 0.180 e. The lowest BCUT2D eigenvalue weighted by atomic mass is 9.76. The molecule has 0 saturated carbocycles. The van der Waals surface area contributed by atoms with Crippen LogP contribution in [0.3, 0.4) is 0 Å². The zero-order chi connectivity index (χ0) is 16.5. The number of hydrogen-bond donors (Lipinski definition) is 0. The topological polar surface area (TPSA) is 0 Å². The summed E-state index contributed by atoms with van der Waals surface area (Å²) in [7, 11) is 0. The van der Waals surface area contributed by atoms with Crippen molar-refractivity contribution in [1.29, 1.82) is 0 Å². The zero-order valence-corrected chi connectivity index (χ0v) is 15.2. The summed E-state index contributed by atoms with van der Waals surface area (Å²) in [5.41, 5.74) is 8.90. The van der Waals surface area contributed by atoms with E-state index in [0.29, 0.717) is 11.1 Å². The predicted octanol–water partition coefficient (Wildman–Crippen LogP) is 5.10. The predicted molar refractivity (Wildman–Crippen MR) is 96.7 cm³/mol. The quantitative estimate of drug-likeness (QED) is 0.534. The molecule has 2 fully saturated rings. The van der Waals surface area contributed by atoms with E-state index in [2.05, 4.69) is 70.2 Å². The van der Waals surface area contributed by atoms with E-state index in [1.807, 2.05) is 0 Å². The van der Waals surface area contributed by atoms with Gasteiger partial charge in [-0.05, 0) is 19.9 Å². The molecule has 0 N–H and O–H groups in total. The molecule has 6 rings (SSSR count). The fraction of sp³-hybridized carbons (Fsp3) is 0.478. The highest BCUT2D eigenvalue weighted by molar-refractivity contribution is 5.62. The van der Waals surface area contributed by atoms with Gasteiger partial charge in [0.25, 0.3) is 0 Å². The summed E-state index contributed by atoms with van der Waals surface area (Å²) in [5, 5.41) is 0. The first kappa shape index (κ1) is 13.7. The van der Waals surface area contributed by atoms with Gasteiger partial charge in [-0.25, -0.2) is 0 Å². The molecule has 5 atom stereocenters. The van der Waals surface area contributed by atoms with Crippen molar-refractivity contribution in [3.8, 4) is 0 Å².